The van der Waals surface area contributed by atoms with Gasteiger partial charge in [0, 0.05) is 23.6 Å². The second-order valence-corrected chi connectivity index (χ2v) is 5.82. The minimum absolute atomic E-state index is 0.0140. The summed E-state index contributed by atoms with van der Waals surface area (Å²) in [5.41, 5.74) is 0.553. The van der Waals surface area contributed by atoms with Gasteiger partial charge in [-0.15, -0.1) is 0 Å². The fraction of sp³-hybridized carbons (Fsp3) is 0.294. The van der Waals surface area contributed by atoms with E-state index in [9.17, 15) is 19.3 Å². The largest absolute Gasteiger partial charge is 0.308 e. The Morgan fingerprint density at radius 3 is 2.38 bits per heavy atom. The summed E-state index contributed by atoms with van der Waals surface area (Å²) in [4.78, 5) is 27.7. The lowest BCUT2D eigenvalue weighted by Gasteiger charge is -2.26. The van der Waals surface area contributed by atoms with E-state index in [0.717, 1.165) is 5.82 Å². The van der Waals surface area contributed by atoms with Crippen molar-refractivity contribution in [1.29, 1.82) is 0 Å². The van der Waals surface area contributed by atoms with Gasteiger partial charge in [-0.05, 0) is 37.1 Å². The molecule has 0 spiro atoms. The first-order valence-electron chi connectivity index (χ1n) is 7.75. The number of piperidine rings is 1. The van der Waals surface area contributed by atoms with Gasteiger partial charge in [-0.25, -0.2) is 9.37 Å². The molecule has 1 fully saturated rings. The number of rotatable bonds is 4. The molecule has 1 aromatic carbocycles. The average Bonchev–Trinajstić information content (AvgIpc) is 2.62. The molecule has 2 heterocycles. The summed E-state index contributed by atoms with van der Waals surface area (Å²) in [5.74, 6) is 0.412. The monoisotopic (exact) mass is 330 g/mol. The molecule has 24 heavy (non-hydrogen) atoms. The summed E-state index contributed by atoms with van der Waals surface area (Å²) in [5, 5.41) is 10.7. The van der Waals surface area contributed by atoms with Crippen molar-refractivity contribution in [3.05, 3.63) is 64.1 Å². The summed E-state index contributed by atoms with van der Waals surface area (Å²) in [6, 6.07) is 8.78. The topological polar surface area (TPSA) is 77.6 Å². The molecule has 1 N–H and O–H groups in total. The highest BCUT2D eigenvalue weighted by molar-refractivity contribution is 5.97. The number of H-pyrrole nitrogens is 1. The Hall–Kier alpha value is -2.83. The third-order valence-corrected chi connectivity index (χ3v) is 4.33. The molecule has 0 saturated carbocycles. The lowest BCUT2D eigenvalue weighted by molar-refractivity contribution is -0.414. The molecule has 1 saturated heterocycles. The maximum Gasteiger partial charge on any atom is 0.308 e. The van der Waals surface area contributed by atoms with Gasteiger partial charge in [-0.1, -0.05) is 0 Å². The van der Waals surface area contributed by atoms with Gasteiger partial charge in [0.25, 0.3) is 5.82 Å². The second-order valence-electron chi connectivity index (χ2n) is 5.82. The van der Waals surface area contributed by atoms with E-state index in [1.165, 1.54) is 36.5 Å². The zero-order valence-corrected chi connectivity index (χ0v) is 12.9. The molecule has 7 heteroatoms. The number of ketones is 1. The Bertz CT molecular complexity index is 739. The minimum Gasteiger partial charge on any atom is -0.294 e. The summed E-state index contributed by atoms with van der Waals surface area (Å²) in [6.45, 7) is 1.37. The quantitative estimate of drug-likeness (QED) is 0.490. The summed E-state index contributed by atoms with van der Waals surface area (Å²) < 4.78 is 12.9. The predicted octanol–water partition coefficient (Wildman–Crippen LogP) is 2.65. The van der Waals surface area contributed by atoms with Crippen molar-refractivity contribution in [1.82, 2.24) is 0 Å². The summed E-state index contributed by atoms with van der Waals surface area (Å²) >= 11 is 0. The van der Waals surface area contributed by atoms with Crippen molar-refractivity contribution >= 4 is 17.3 Å². The fourth-order valence-corrected chi connectivity index (χ4v) is 2.95. The van der Waals surface area contributed by atoms with Crippen LogP contribution in [-0.4, -0.2) is 23.8 Å². The number of anilines is 1. The molecule has 0 bridgehead atoms. The average molecular weight is 330 g/mol. The molecule has 0 atom stereocenters. The normalized spacial score (nSPS) is 15.3. The highest BCUT2D eigenvalue weighted by Gasteiger charge is 2.30. The summed E-state index contributed by atoms with van der Waals surface area (Å²) in [7, 11) is 0. The number of carbonyl (C=O) groups is 1. The van der Waals surface area contributed by atoms with Gasteiger partial charge < -0.3 is 0 Å². The van der Waals surface area contributed by atoms with Gasteiger partial charge in [0.15, 0.2) is 12.0 Å². The zero-order chi connectivity index (χ0) is 17.1. The van der Waals surface area contributed by atoms with E-state index >= 15 is 0 Å². The molecule has 6 nitrogen and oxygen atoms in total. The SMILES string of the molecule is O=C(c1ccc(F)cc1)C1CCN(c2ccc([N+](=O)[O-])c[nH+]2)CC1. The molecule has 3 rings (SSSR count). The van der Waals surface area contributed by atoms with Crippen LogP contribution in [-0.2, 0) is 0 Å². The van der Waals surface area contributed by atoms with Crippen LogP contribution in [0.3, 0.4) is 0 Å². The van der Waals surface area contributed by atoms with Crippen LogP contribution in [0.2, 0.25) is 0 Å². The Morgan fingerprint density at radius 1 is 1.17 bits per heavy atom. The van der Waals surface area contributed by atoms with Crippen LogP contribution in [0.15, 0.2) is 42.6 Å². The maximum absolute atomic E-state index is 12.9. The lowest BCUT2D eigenvalue weighted by atomic mass is 9.89. The number of aromatic nitrogens is 1. The standard InChI is InChI=1S/C17H16FN3O3/c18-14-3-1-12(2-4-14)17(22)13-7-9-20(10-8-13)16-6-5-15(11-19-16)21(23)24/h1-6,11,13H,7-10H2/p+1. The number of hydrogen-bond donors (Lipinski definition) is 0. The number of aromatic amines is 1. The molecule has 124 valence electrons. The lowest BCUT2D eigenvalue weighted by Crippen LogP contribution is -2.39. The maximum atomic E-state index is 12.9. The first-order chi connectivity index (χ1) is 11.5. The van der Waals surface area contributed by atoms with Crippen molar-refractivity contribution in [3.8, 4) is 0 Å². The number of nitrogens with zero attached hydrogens (tertiary/aromatic N) is 2. The first kappa shape index (κ1) is 16.0. The molecule has 0 amide bonds. The van der Waals surface area contributed by atoms with E-state index in [1.54, 1.807) is 6.07 Å². The third kappa shape index (κ3) is 3.40. The molecule has 0 aliphatic carbocycles. The number of Topliss-reactive ketones (excluding diaryl/α,β-unsaturated/α-hetero) is 1. The van der Waals surface area contributed by atoms with E-state index in [-0.39, 0.29) is 23.2 Å². The van der Waals surface area contributed by atoms with E-state index < -0.39 is 4.92 Å². The first-order valence-corrected chi connectivity index (χ1v) is 7.75. The van der Waals surface area contributed by atoms with Crippen LogP contribution in [0.25, 0.3) is 0 Å². The number of nitrogens with one attached hydrogen (secondary N) is 1. The minimum atomic E-state index is -0.451. The number of benzene rings is 1. The fourth-order valence-electron chi connectivity index (χ4n) is 2.95. The van der Waals surface area contributed by atoms with Crippen LogP contribution < -0.4 is 9.88 Å². The predicted molar refractivity (Wildman–Crippen MR) is 85.3 cm³/mol. The van der Waals surface area contributed by atoms with Gasteiger partial charge >= 0.3 is 5.69 Å². The molecule has 0 radical (unpaired) electrons. The van der Waals surface area contributed by atoms with Gasteiger partial charge in [0.05, 0.1) is 18.0 Å². The molecule has 0 unspecified atom stereocenters. The molecule has 1 aliphatic heterocycles. The number of carbonyl (C=O) groups excluding carboxylic acids is 1. The smallest absolute Gasteiger partial charge is 0.294 e. The van der Waals surface area contributed by atoms with Crippen LogP contribution in [0.1, 0.15) is 23.2 Å². The Kier molecular flexibility index (Phi) is 4.50. The van der Waals surface area contributed by atoms with Crippen LogP contribution in [0.4, 0.5) is 15.9 Å². The molecule has 2 aromatic rings. The number of hydrogen-bond acceptors (Lipinski definition) is 4. The van der Waals surface area contributed by atoms with Crippen molar-refractivity contribution in [2.45, 2.75) is 12.8 Å². The van der Waals surface area contributed by atoms with Crippen LogP contribution in [0.5, 0.6) is 0 Å². The van der Waals surface area contributed by atoms with E-state index in [2.05, 4.69) is 9.88 Å². The molecular weight excluding hydrogens is 313 g/mol. The molecule has 1 aromatic heterocycles. The number of pyridine rings is 1. The van der Waals surface area contributed by atoms with Crippen molar-refractivity contribution in [3.63, 3.8) is 0 Å². The van der Waals surface area contributed by atoms with Crippen molar-refractivity contribution < 1.29 is 19.1 Å². The van der Waals surface area contributed by atoms with Crippen LogP contribution >= 0.6 is 0 Å². The Labute approximate surface area is 138 Å². The van der Waals surface area contributed by atoms with E-state index in [1.807, 2.05) is 0 Å². The van der Waals surface area contributed by atoms with Crippen molar-refractivity contribution in [2.75, 3.05) is 18.0 Å². The Morgan fingerprint density at radius 2 is 1.83 bits per heavy atom. The van der Waals surface area contributed by atoms with Crippen molar-refractivity contribution in [2.24, 2.45) is 5.92 Å². The third-order valence-electron chi connectivity index (χ3n) is 4.33. The summed E-state index contributed by atoms with van der Waals surface area (Å²) in [6.07, 6.45) is 2.76. The highest BCUT2D eigenvalue weighted by Crippen LogP contribution is 2.24. The zero-order valence-electron chi connectivity index (χ0n) is 12.9. The number of nitro groups is 1. The van der Waals surface area contributed by atoms with Gasteiger partial charge in [0.1, 0.15) is 5.82 Å². The Balaban J connectivity index is 1.62. The van der Waals surface area contributed by atoms with Gasteiger partial charge in [-0.2, -0.15) is 0 Å². The molecular formula is C17H17FN3O3+. The molecule has 1 aliphatic rings. The van der Waals surface area contributed by atoms with Gasteiger partial charge in [0.2, 0.25) is 0 Å². The van der Waals surface area contributed by atoms with E-state index in [4.69, 9.17) is 0 Å². The van der Waals surface area contributed by atoms with Gasteiger partial charge in [-0.3, -0.25) is 19.8 Å². The second kappa shape index (κ2) is 6.74. The number of halogens is 1. The highest BCUT2D eigenvalue weighted by atomic mass is 19.1. The van der Waals surface area contributed by atoms with E-state index in [0.29, 0.717) is 31.5 Å². The van der Waals surface area contributed by atoms with Crippen LogP contribution in [0, 0.1) is 21.8 Å².